The summed E-state index contributed by atoms with van der Waals surface area (Å²) in [6.07, 6.45) is -0.589. The number of ether oxygens (including phenoxy) is 2. The monoisotopic (exact) mass is 438 g/mol. The minimum Gasteiger partial charge on any atom is -0.466 e. The van der Waals surface area contributed by atoms with E-state index in [-0.39, 0.29) is 24.7 Å². The predicted octanol–water partition coefficient (Wildman–Crippen LogP) is 4.34. The number of carbonyl (C=O) groups excluding carboxylic acids is 3. The Hall–Kier alpha value is -3.19. The van der Waals surface area contributed by atoms with Gasteiger partial charge in [0, 0.05) is 18.7 Å². The van der Waals surface area contributed by atoms with Gasteiger partial charge in [-0.25, -0.2) is 4.79 Å². The van der Waals surface area contributed by atoms with E-state index in [1.807, 2.05) is 12.1 Å². The number of amides is 1. The Morgan fingerprint density at radius 2 is 1.69 bits per heavy atom. The molecule has 170 valence electrons. The first-order valence-electron chi connectivity index (χ1n) is 10.8. The Morgan fingerprint density at radius 3 is 2.28 bits per heavy atom. The minimum absolute atomic E-state index is 0.0516. The van der Waals surface area contributed by atoms with Gasteiger partial charge in [0.15, 0.2) is 5.78 Å². The average molecular weight is 439 g/mol. The number of benzene rings is 2. The Morgan fingerprint density at radius 1 is 1.03 bits per heavy atom. The molecule has 1 amide bonds. The van der Waals surface area contributed by atoms with Gasteiger partial charge in [0.25, 0.3) is 0 Å². The lowest BCUT2D eigenvalue weighted by Crippen LogP contribution is -2.29. The second-order valence-electron chi connectivity index (χ2n) is 8.83. The molecule has 1 aliphatic heterocycles. The van der Waals surface area contributed by atoms with Crippen LogP contribution in [0.4, 0.5) is 10.5 Å². The molecule has 0 atom stereocenters. The average Bonchev–Trinajstić information content (AvgIpc) is 3.10. The lowest BCUT2D eigenvalue weighted by molar-refractivity contribution is -0.142. The van der Waals surface area contributed by atoms with Crippen LogP contribution in [0.15, 0.2) is 42.5 Å². The molecular formula is C25H30N2O5. The van der Waals surface area contributed by atoms with E-state index in [2.05, 4.69) is 22.3 Å². The van der Waals surface area contributed by atoms with E-state index < -0.39 is 11.7 Å². The van der Waals surface area contributed by atoms with Crippen LogP contribution in [0, 0.1) is 0 Å². The molecule has 1 heterocycles. The number of nitrogens with zero attached hydrogens (tertiary/aromatic N) is 1. The van der Waals surface area contributed by atoms with Crippen molar-refractivity contribution in [1.82, 2.24) is 4.90 Å². The minimum atomic E-state index is -0.667. The number of esters is 1. The summed E-state index contributed by atoms with van der Waals surface area (Å²) in [4.78, 5) is 39.5. The van der Waals surface area contributed by atoms with E-state index in [0.29, 0.717) is 36.5 Å². The number of anilines is 1. The molecule has 0 saturated carbocycles. The molecule has 0 radical (unpaired) electrons. The molecule has 2 aromatic rings. The third kappa shape index (κ3) is 6.40. The van der Waals surface area contributed by atoms with E-state index in [4.69, 9.17) is 9.47 Å². The fourth-order valence-corrected chi connectivity index (χ4v) is 3.64. The van der Waals surface area contributed by atoms with Gasteiger partial charge in [-0.3, -0.25) is 19.8 Å². The summed E-state index contributed by atoms with van der Waals surface area (Å²) in [7, 11) is 0. The highest BCUT2D eigenvalue weighted by Crippen LogP contribution is 2.25. The number of rotatable bonds is 7. The van der Waals surface area contributed by atoms with Crippen LogP contribution in [0.5, 0.6) is 0 Å². The smallest absolute Gasteiger partial charge is 0.412 e. The largest absolute Gasteiger partial charge is 0.466 e. The van der Waals surface area contributed by atoms with E-state index in [1.165, 1.54) is 11.1 Å². The second kappa shape index (κ2) is 9.96. The summed E-state index contributed by atoms with van der Waals surface area (Å²) < 4.78 is 10.4. The van der Waals surface area contributed by atoms with Gasteiger partial charge in [0.1, 0.15) is 5.60 Å². The molecule has 7 heteroatoms. The number of ketones is 1. The molecule has 0 spiro atoms. The first-order valence-corrected chi connectivity index (χ1v) is 10.8. The van der Waals surface area contributed by atoms with Crippen LogP contribution in [0.1, 0.15) is 54.7 Å². The van der Waals surface area contributed by atoms with Crippen LogP contribution < -0.4 is 5.32 Å². The van der Waals surface area contributed by atoms with Crippen molar-refractivity contribution < 1.29 is 23.9 Å². The lowest BCUT2D eigenvalue weighted by Gasteiger charge is -2.21. The molecular weight excluding hydrogens is 408 g/mol. The SMILES string of the molecule is CCOC(=O)Cc1ccc(NC(=O)OC(C)(C)C)c(C(=O)CN2Cc3ccccc3C2)c1. The predicted molar refractivity (Wildman–Crippen MR) is 122 cm³/mol. The lowest BCUT2D eigenvalue weighted by atomic mass is 10.0. The highest BCUT2D eigenvalue weighted by atomic mass is 16.6. The second-order valence-corrected chi connectivity index (χ2v) is 8.83. The number of hydrogen-bond donors (Lipinski definition) is 1. The molecule has 0 aromatic heterocycles. The van der Waals surface area contributed by atoms with Crippen molar-refractivity contribution >= 4 is 23.5 Å². The first-order chi connectivity index (χ1) is 15.1. The molecule has 1 N–H and O–H groups in total. The Balaban J connectivity index is 1.80. The molecule has 7 nitrogen and oxygen atoms in total. The van der Waals surface area contributed by atoms with Crippen LogP contribution in [0.3, 0.4) is 0 Å². The van der Waals surface area contributed by atoms with E-state index in [1.54, 1.807) is 45.9 Å². The van der Waals surface area contributed by atoms with Crippen molar-refractivity contribution in [3.8, 4) is 0 Å². The van der Waals surface area contributed by atoms with Crippen LogP contribution in [-0.2, 0) is 33.8 Å². The van der Waals surface area contributed by atoms with E-state index in [0.717, 1.165) is 0 Å². The van der Waals surface area contributed by atoms with Gasteiger partial charge < -0.3 is 9.47 Å². The van der Waals surface area contributed by atoms with Crippen LogP contribution in [0.25, 0.3) is 0 Å². The third-order valence-corrected chi connectivity index (χ3v) is 4.95. The topological polar surface area (TPSA) is 84.9 Å². The Kier molecular flexibility index (Phi) is 7.30. The first kappa shape index (κ1) is 23.5. The maximum Gasteiger partial charge on any atom is 0.412 e. The van der Waals surface area contributed by atoms with Gasteiger partial charge in [-0.15, -0.1) is 0 Å². The molecule has 0 aliphatic carbocycles. The van der Waals surface area contributed by atoms with Crippen molar-refractivity contribution in [1.29, 1.82) is 0 Å². The zero-order valence-electron chi connectivity index (χ0n) is 19.1. The molecule has 1 aliphatic rings. The van der Waals surface area contributed by atoms with Crippen molar-refractivity contribution in [2.45, 2.75) is 52.8 Å². The van der Waals surface area contributed by atoms with Gasteiger partial charge in [-0.1, -0.05) is 30.3 Å². The molecule has 2 aromatic carbocycles. The molecule has 0 bridgehead atoms. The van der Waals surface area contributed by atoms with E-state index in [9.17, 15) is 14.4 Å². The Labute approximate surface area is 188 Å². The summed E-state index contributed by atoms with van der Waals surface area (Å²) in [6, 6.07) is 13.1. The number of nitrogens with one attached hydrogen (secondary N) is 1. The van der Waals surface area contributed by atoms with Gasteiger partial charge in [-0.05, 0) is 56.5 Å². The van der Waals surface area contributed by atoms with Gasteiger partial charge in [0.05, 0.1) is 25.3 Å². The normalized spacial score (nSPS) is 13.4. The molecule has 0 unspecified atom stereocenters. The fourth-order valence-electron chi connectivity index (χ4n) is 3.64. The molecule has 0 saturated heterocycles. The molecule has 0 fully saturated rings. The van der Waals surface area contributed by atoms with Crippen molar-refractivity contribution in [2.24, 2.45) is 0 Å². The summed E-state index contributed by atoms with van der Waals surface area (Å²) in [5, 5.41) is 2.68. The molecule has 32 heavy (non-hydrogen) atoms. The number of carbonyl (C=O) groups is 3. The van der Waals surface area contributed by atoms with Crippen LogP contribution >= 0.6 is 0 Å². The highest BCUT2D eigenvalue weighted by molar-refractivity contribution is 6.05. The summed E-state index contributed by atoms with van der Waals surface area (Å²) in [5.41, 5.74) is 3.10. The highest BCUT2D eigenvalue weighted by Gasteiger charge is 2.24. The van der Waals surface area contributed by atoms with Crippen LogP contribution in [-0.4, -0.2) is 41.5 Å². The zero-order valence-corrected chi connectivity index (χ0v) is 19.1. The van der Waals surface area contributed by atoms with Crippen molar-refractivity contribution in [3.63, 3.8) is 0 Å². The van der Waals surface area contributed by atoms with Crippen molar-refractivity contribution in [3.05, 3.63) is 64.7 Å². The molecule has 3 rings (SSSR count). The Bertz CT molecular complexity index is 985. The quantitative estimate of drug-likeness (QED) is 0.511. The standard InChI is InChI=1S/C25H30N2O5/c1-5-31-23(29)13-17-10-11-21(26-24(30)32-25(2,3)4)20(12-17)22(28)16-27-14-18-8-6-7-9-19(18)15-27/h6-12H,5,13-16H2,1-4H3,(H,26,30). The number of fused-ring (bicyclic) bond motifs is 1. The zero-order chi connectivity index (χ0) is 23.3. The maximum atomic E-state index is 13.3. The number of Topliss-reactive ketones (excluding diaryl/α,β-unsaturated/α-hetero) is 1. The summed E-state index contributed by atoms with van der Waals surface area (Å²) in [5.74, 6) is -0.511. The third-order valence-electron chi connectivity index (χ3n) is 4.95. The maximum absolute atomic E-state index is 13.3. The van der Waals surface area contributed by atoms with Crippen LogP contribution in [0.2, 0.25) is 0 Å². The van der Waals surface area contributed by atoms with Gasteiger partial charge >= 0.3 is 12.1 Å². The fraction of sp³-hybridized carbons (Fsp3) is 0.400. The summed E-state index contributed by atoms with van der Waals surface area (Å²) in [6.45, 7) is 8.93. The van der Waals surface area contributed by atoms with Gasteiger partial charge in [-0.2, -0.15) is 0 Å². The summed E-state index contributed by atoms with van der Waals surface area (Å²) >= 11 is 0. The van der Waals surface area contributed by atoms with E-state index >= 15 is 0 Å². The van der Waals surface area contributed by atoms with Gasteiger partial charge in [0.2, 0.25) is 0 Å². The van der Waals surface area contributed by atoms with Crippen molar-refractivity contribution in [2.75, 3.05) is 18.5 Å². The number of hydrogen-bond acceptors (Lipinski definition) is 6.